The van der Waals surface area contributed by atoms with Gasteiger partial charge in [0.05, 0.1) is 0 Å². The molecule has 1 aromatic carbocycles. The predicted molar refractivity (Wildman–Crippen MR) is 115 cm³/mol. The van der Waals surface area contributed by atoms with Crippen LogP contribution < -0.4 is 0 Å². The van der Waals surface area contributed by atoms with Gasteiger partial charge in [-0.15, -0.1) is 0 Å². The Hall–Kier alpha value is -1.56. The third-order valence-electron chi connectivity index (χ3n) is 6.66. The van der Waals surface area contributed by atoms with Crippen LogP contribution in [-0.2, 0) is 19.3 Å². The summed E-state index contributed by atoms with van der Waals surface area (Å²) in [5.41, 5.74) is 12.9. The standard InChI is InChI=1S/C26H34/c1-7-8-19-12-17(3)14-22-24-18(4)11-16(2)13-21(24)20-9-10-26(5,6)15-23(20)25(19)22/h9-10,12,16,18H,3,7-8,11,13-15H2,1-2,4-6H3. The first-order chi connectivity index (χ1) is 12.3. The van der Waals surface area contributed by atoms with Crippen molar-refractivity contribution in [1.82, 2.24) is 0 Å². The van der Waals surface area contributed by atoms with Crippen LogP contribution in [0.4, 0.5) is 0 Å². The van der Waals surface area contributed by atoms with Gasteiger partial charge in [-0.05, 0) is 88.3 Å². The number of rotatable bonds is 2. The van der Waals surface area contributed by atoms with Gasteiger partial charge in [0.25, 0.3) is 0 Å². The maximum Gasteiger partial charge on any atom is -0.00224 e. The van der Waals surface area contributed by atoms with Crippen LogP contribution in [0.2, 0.25) is 0 Å². The monoisotopic (exact) mass is 346 g/mol. The molecule has 26 heavy (non-hydrogen) atoms. The third-order valence-corrected chi connectivity index (χ3v) is 6.66. The van der Waals surface area contributed by atoms with Gasteiger partial charge in [-0.3, -0.25) is 0 Å². The molecule has 138 valence electrons. The largest absolute Gasteiger partial charge is 0.0955 e. The summed E-state index contributed by atoms with van der Waals surface area (Å²) in [6.07, 6.45) is 14.5. The number of fused-ring (bicyclic) bond motifs is 6. The molecule has 0 bridgehead atoms. The van der Waals surface area contributed by atoms with Crippen molar-refractivity contribution in [3.05, 3.63) is 57.7 Å². The molecule has 2 atom stereocenters. The van der Waals surface area contributed by atoms with Gasteiger partial charge in [0, 0.05) is 0 Å². The molecule has 4 rings (SSSR count). The van der Waals surface area contributed by atoms with E-state index in [1.54, 1.807) is 39.0 Å². The van der Waals surface area contributed by atoms with Crippen molar-refractivity contribution >= 4 is 11.6 Å². The molecule has 0 saturated heterocycles. The Morgan fingerprint density at radius 3 is 2.65 bits per heavy atom. The first-order valence-corrected chi connectivity index (χ1v) is 10.6. The topological polar surface area (TPSA) is 0 Å². The molecular formula is C26H34. The van der Waals surface area contributed by atoms with E-state index < -0.39 is 0 Å². The van der Waals surface area contributed by atoms with Crippen LogP contribution in [0.3, 0.4) is 0 Å². The lowest BCUT2D eigenvalue weighted by molar-refractivity contribution is 0.442. The van der Waals surface area contributed by atoms with Crippen LogP contribution in [0.15, 0.2) is 24.3 Å². The van der Waals surface area contributed by atoms with Gasteiger partial charge in [-0.25, -0.2) is 0 Å². The average molecular weight is 347 g/mol. The Morgan fingerprint density at radius 2 is 1.92 bits per heavy atom. The van der Waals surface area contributed by atoms with Gasteiger partial charge in [0.15, 0.2) is 0 Å². The van der Waals surface area contributed by atoms with Gasteiger partial charge in [0.1, 0.15) is 0 Å². The molecule has 0 amide bonds. The van der Waals surface area contributed by atoms with E-state index in [1.807, 2.05) is 0 Å². The highest BCUT2D eigenvalue weighted by Crippen LogP contribution is 2.49. The zero-order chi connectivity index (χ0) is 18.6. The summed E-state index contributed by atoms with van der Waals surface area (Å²) in [7, 11) is 0. The van der Waals surface area contributed by atoms with Crippen molar-refractivity contribution in [2.75, 3.05) is 0 Å². The predicted octanol–water partition coefficient (Wildman–Crippen LogP) is 7.26. The Morgan fingerprint density at radius 1 is 1.15 bits per heavy atom. The second kappa shape index (κ2) is 6.25. The number of allylic oxidation sites excluding steroid dienone is 4. The van der Waals surface area contributed by atoms with E-state index >= 15 is 0 Å². The highest BCUT2D eigenvalue weighted by atomic mass is 14.4. The minimum absolute atomic E-state index is 0.257. The number of benzene rings is 1. The summed E-state index contributed by atoms with van der Waals surface area (Å²) in [4.78, 5) is 0. The molecular weight excluding hydrogens is 312 g/mol. The van der Waals surface area contributed by atoms with Gasteiger partial charge in [0.2, 0.25) is 0 Å². The molecule has 0 nitrogen and oxygen atoms in total. The Bertz CT molecular complexity index is 828. The Kier molecular flexibility index (Phi) is 4.29. The highest BCUT2D eigenvalue weighted by molar-refractivity contribution is 5.83. The molecule has 0 N–H and O–H groups in total. The lowest BCUT2D eigenvalue weighted by Gasteiger charge is -2.39. The van der Waals surface area contributed by atoms with Crippen LogP contribution in [0.5, 0.6) is 0 Å². The SMILES string of the molecule is C=C1C=C(CCC)c2c3c(c4c(c2C1)C(C)CC(C)C4)C=CC(C)(C)C3. The van der Waals surface area contributed by atoms with E-state index in [0.717, 1.165) is 12.3 Å². The molecule has 0 aliphatic heterocycles. The van der Waals surface area contributed by atoms with Crippen LogP contribution in [0.1, 0.15) is 93.2 Å². The van der Waals surface area contributed by atoms with Crippen LogP contribution in [0, 0.1) is 11.3 Å². The lowest BCUT2D eigenvalue weighted by Crippen LogP contribution is -2.26. The second-order valence-electron chi connectivity index (χ2n) is 9.84. The molecule has 2 unspecified atom stereocenters. The van der Waals surface area contributed by atoms with E-state index in [-0.39, 0.29) is 5.41 Å². The normalized spacial score (nSPS) is 26.0. The molecule has 0 heteroatoms. The average Bonchev–Trinajstić information content (AvgIpc) is 2.52. The van der Waals surface area contributed by atoms with Crippen molar-refractivity contribution in [2.24, 2.45) is 11.3 Å². The fourth-order valence-corrected chi connectivity index (χ4v) is 5.77. The van der Waals surface area contributed by atoms with Gasteiger partial charge < -0.3 is 0 Å². The van der Waals surface area contributed by atoms with Crippen LogP contribution >= 0.6 is 0 Å². The summed E-state index contributed by atoms with van der Waals surface area (Å²) in [5, 5.41) is 0. The Balaban J connectivity index is 2.05. The molecule has 1 aromatic rings. The third kappa shape index (κ3) is 2.82. The first-order valence-electron chi connectivity index (χ1n) is 10.6. The first kappa shape index (κ1) is 17.8. The van der Waals surface area contributed by atoms with Crippen molar-refractivity contribution in [1.29, 1.82) is 0 Å². The fraction of sp³-hybridized carbons (Fsp3) is 0.538. The van der Waals surface area contributed by atoms with E-state index in [1.165, 1.54) is 37.7 Å². The summed E-state index contributed by atoms with van der Waals surface area (Å²) >= 11 is 0. The summed E-state index contributed by atoms with van der Waals surface area (Å²) in [6, 6.07) is 0. The van der Waals surface area contributed by atoms with Crippen molar-refractivity contribution in [3.8, 4) is 0 Å². The van der Waals surface area contributed by atoms with Gasteiger partial charge in [-0.2, -0.15) is 0 Å². The van der Waals surface area contributed by atoms with Crippen molar-refractivity contribution < 1.29 is 0 Å². The molecule has 0 spiro atoms. The summed E-state index contributed by atoms with van der Waals surface area (Å²) in [5.74, 6) is 1.46. The van der Waals surface area contributed by atoms with E-state index in [4.69, 9.17) is 0 Å². The van der Waals surface area contributed by atoms with E-state index in [2.05, 4.69) is 59.4 Å². The molecule has 0 radical (unpaired) electrons. The Labute approximate surface area is 160 Å². The molecule has 0 aromatic heterocycles. The van der Waals surface area contributed by atoms with Crippen LogP contribution in [-0.4, -0.2) is 0 Å². The fourth-order valence-electron chi connectivity index (χ4n) is 5.77. The minimum Gasteiger partial charge on any atom is -0.0955 e. The van der Waals surface area contributed by atoms with Gasteiger partial charge >= 0.3 is 0 Å². The lowest BCUT2D eigenvalue weighted by atomic mass is 9.65. The van der Waals surface area contributed by atoms with Crippen LogP contribution in [0.25, 0.3) is 11.6 Å². The molecule has 0 heterocycles. The number of hydrogen-bond acceptors (Lipinski definition) is 0. The summed E-state index contributed by atoms with van der Waals surface area (Å²) in [6.45, 7) is 16.3. The zero-order valence-corrected chi connectivity index (χ0v) is 17.3. The zero-order valence-electron chi connectivity index (χ0n) is 17.3. The molecule has 3 aliphatic carbocycles. The maximum absolute atomic E-state index is 4.38. The number of hydrogen-bond donors (Lipinski definition) is 0. The van der Waals surface area contributed by atoms with Gasteiger partial charge in [-0.1, -0.05) is 71.4 Å². The quantitative estimate of drug-likeness (QED) is 0.528. The summed E-state index contributed by atoms with van der Waals surface area (Å²) < 4.78 is 0. The van der Waals surface area contributed by atoms with Crippen molar-refractivity contribution in [3.63, 3.8) is 0 Å². The van der Waals surface area contributed by atoms with E-state index in [0.29, 0.717) is 5.92 Å². The highest BCUT2D eigenvalue weighted by Gasteiger charge is 2.35. The maximum atomic E-state index is 4.38. The second-order valence-corrected chi connectivity index (χ2v) is 9.84. The molecule has 0 saturated carbocycles. The van der Waals surface area contributed by atoms with E-state index in [9.17, 15) is 0 Å². The minimum atomic E-state index is 0.257. The molecule has 0 fully saturated rings. The molecule has 3 aliphatic rings. The van der Waals surface area contributed by atoms with Crippen molar-refractivity contribution in [2.45, 2.75) is 79.1 Å². The smallest absolute Gasteiger partial charge is 0.00224 e.